The van der Waals surface area contributed by atoms with Crippen molar-refractivity contribution in [1.29, 1.82) is 5.26 Å². The second kappa shape index (κ2) is 6.79. The molecule has 112 valence electrons. The molecule has 2 aromatic rings. The number of nitrogens with zero attached hydrogens (tertiary/aromatic N) is 2. The van der Waals surface area contributed by atoms with Crippen LogP contribution in [-0.4, -0.2) is 17.6 Å². The van der Waals surface area contributed by atoms with E-state index in [0.29, 0.717) is 0 Å². The van der Waals surface area contributed by atoms with E-state index >= 15 is 0 Å². The van der Waals surface area contributed by atoms with Gasteiger partial charge in [0.05, 0.1) is 7.11 Å². The molecular weight excluding hydrogens is 391 g/mol. The largest absolute Gasteiger partial charge is 0.465 e. The molecule has 22 heavy (non-hydrogen) atoms. The molecule has 0 amide bonds. The molecule has 0 unspecified atom stereocenters. The van der Waals surface area contributed by atoms with E-state index in [1.165, 1.54) is 10.7 Å². The fraction of sp³-hybridized carbons (Fsp3) is 0.176. The maximum Gasteiger partial charge on any atom is 0.348 e. The van der Waals surface area contributed by atoms with Crippen LogP contribution in [0.5, 0.6) is 0 Å². The first-order chi connectivity index (χ1) is 10.5. The first-order valence-electron chi connectivity index (χ1n) is 6.63. The van der Waals surface area contributed by atoms with Crippen molar-refractivity contribution < 1.29 is 9.53 Å². The summed E-state index contributed by atoms with van der Waals surface area (Å²) >= 11 is 2.26. The zero-order valence-electron chi connectivity index (χ0n) is 12.6. The molecule has 0 aliphatic heterocycles. The average Bonchev–Trinajstić information content (AvgIpc) is 2.79. The van der Waals surface area contributed by atoms with Crippen LogP contribution in [0.15, 0.2) is 35.9 Å². The SMILES string of the molecule is COC(=O)/C(C#N)=C/c1cc(C)n(-c2ccc(I)cc2)c1C. The van der Waals surface area contributed by atoms with Crippen LogP contribution in [-0.2, 0) is 9.53 Å². The minimum atomic E-state index is -0.624. The van der Waals surface area contributed by atoms with Crippen molar-refractivity contribution in [2.24, 2.45) is 0 Å². The molecule has 1 aromatic heterocycles. The smallest absolute Gasteiger partial charge is 0.348 e. The van der Waals surface area contributed by atoms with Gasteiger partial charge in [0.2, 0.25) is 0 Å². The normalized spacial score (nSPS) is 11.1. The lowest BCUT2D eigenvalue weighted by atomic mass is 10.1. The molecule has 1 heterocycles. The number of nitriles is 1. The fourth-order valence-corrected chi connectivity index (χ4v) is 2.68. The summed E-state index contributed by atoms with van der Waals surface area (Å²) in [6, 6.07) is 12.0. The number of halogens is 1. The number of benzene rings is 1. The quantitative estimate of drug-likeness (QED) is 0.338. The van der Waals surface area contributed by atoms with Crippen molar-refractivity contribution in [3.63, 3.8) is 0 Å². The minimum absolute atomic E-state index is 0.00893. The highest BCUT2D eigenvalue weighted by Gasteiger charge is 2.13. The highest BCUT2D eigenvalue weighted by Crippen LogP contribution is 2.23. The second-order valence-corrected chi connectivity index (χ2v) is 6.05. The number of rotatable bonds is 3. The van der Waals surface area contributed by atoms with E-state index < -0.39 is 5.97 Å². The third kappa shape index (κ3) is 3.22. The lowest BCUT2D eigenvalue weighted by molar-refractivity contribution is -0.135. The molecule has 0 aliphatic carbocycles. The molecular formula is C17H15IN2O2. The van der Waals surface area contributed by atoms with Crippen LogP contribution in [0.3, 0.4) is 0 Å². The van der Waals surface area contributed by atoms with Gasteiger partial charge in [-0.05, 0) is 78.4 Å². The van der Waals surface area contributed by atoms with Crippen LogP contribution in [0.1, 0.15) is 17.0 Å². The van der Waals surface area contributed by atoms with Crippen molar-refractivity contribution in [2.75, 3.05) is 7.11 Å². The third-order valence-electron chi connectivity index (χ3n) is 3.38. The summed E-state index contributed by atoms with van der Waals surface area (Å²) in [5.74, 6) is -0.624. The third-order valence-corrected chi connectivity index (χ3v) is 4.10. The fourth-order valence-electron chi connectivity index (χ4n) is 2.32. The molecule has 0 N–H and O–H groups in total. The zero-order valence-corrected chi connectivity index (χ0v) is 14.7. The Morgan fingerprint density at radius 1 is 1.32 bits per heavy atom. The Morgan fingerprint density at radius 2 is 1.95 bits per heavy atom. The molecule has 4 nitrogen and oxygen atoms in total. The molecule has 0 radical (unpaired) electrons. The highest BCUT2D eigenvalue weighted by molar-refractivity contribution is 14.1. The minimum Gasteiger partial charge on any atom is -0.465 e. The number of carbonyl (C=O) groups excluding carboxylic acids is 1. The number of aryl methyl sites for hydroxylation is 1. The number of carbonyl (C=O) groups is 1. The number of esters is 1. The Labute approximate surface area is 143 Å². The molecule has 2 rings (SSSR count). The Hall–Kier alpha value is -2.07. The van der Waals surface area contributed by atoms with Crippen molar-refractivity contribution >= 4 is 34.6 Å². The molecule has 0 fully saturated rings. The Bertz CT molecular complexity index is 780. The summed E-state index contributed by atoms with van der Waals surface area (Å²) in [6.45, 7) is 3.95. The van der Waals surface area contributed by atoms with E-state index in [1.54, 1.807) is 6.08 Å². The maximum absolute atomic E-state index is 11.5. The van der Waals surface area contributed by atoms with Crippen molar-refractivity contribution in [1.82, 2.24) is 4.57 Å². The summed E-state index contributed by atoms with van der Waals surface area (Å²) in [7, 11) is 1.27. The Balaban J connectivity index is 2.52. The predicted molar refractivity (Wildman–Crippen MR) is 93.6 cm³/mol. The lowest BCUT2D eigenvalue weighted by Crippen LogP contribution is -2.03. The maximum atomic E-state index is 11.5. The van der Waals surface area contributed by atoms with E-state index in [4.69, 9.17) is 5.26 Å². The highest BCUT2D eigenvalue weighted by atomic mass is 127. The monoisotopic (exact) mass is 406 g/mol. The van der Waals surface area contributed by atoms with E-state index in [-0.39, 0.29) is 5.57 Å². The van der Waals surface area contributed by atoms with Crippen molar-refractivity contribution in [3.8, 4) is 11.8 Å². The number of hydrogen-bond acceptors (Lipinski definition) is 3. The zero-order chi connectivity index (χ0) is 16.3. The molecule has 0 saturated carbocycles. The standard InChI is InChI=1S/C17H15IN2O2/c1-11-8-13(9-14(10-19)17(21)22-3)12(2)20(11)16-6-4-15(18)5-7-16/h4-9H,1-3H3/b14-9+. The van der Waals surface area contributed by atoms with Gasteiger partial charge in [-0.1, -0.05) is 0 Å². The van der Waals surface area contributed by atoms with Crippen molar-refractivity contribution in [3.05, 3.63) is 56.4 Å². The van der Waals surface area contributed by atoms with E-state index in [2.05, 4.69) is 31.9 Å². The Morgan fingerprint density at radius 3 is 2.50 bits per heavy atom. The molecule has 0 atom stereocenters. The van der Waals surface area contributed by atoms with E-state index in [0.717, 1.165) is 22.6 Å². The molecule has 0 saturated heterocycles. The summed E-state index contributed by atoms with van der Waals surface area (Å²) in [5, 5.41) is 9.08. The van der Waals surface area contributed by atoms with Gasteiger partial charge in [0.1, 0.15) is 11.6 Å². The summed E-state index contributed by atoms with van der Waals surface area (Å²) in [6.07, 6.45) is 1.57. The van der Waals surface area contributed by atoms with Gasteiger partial charge < -0.3 is 9.30 Å². The molecule has 5 heteroatoms. The molecule has 0 spiro atoms. The van der Waals surface area contributed by atoms with E-state index in [1.807, 2.05) is 50.2 Å². The number of methoxy groups -OCH3 is 1. The lowest BCUT2D eigenvalue weighted by Gasteiger charge is -2.09. The topological polar surface area (TPSA) is 55.0 Å². The second-order valence-electron chi connectivity index (χ2n) is 4.80. The van der Waals surface area contributed by atoms with Gasteiger partial charge in [-0.15, -0.1) is 0 Å². The van der Waals surface area contributed by atoms with Crippen LogP contribution in [0, 0.1) is 28.7 Å². The van der Waals surface area contributed by atoms with Crippen LogP contribution < -0.4 is 0 Å². The molecule has 0 aliphatic rings. The van der Waals surface area contributed by atoms with E-state index in [9.17, 15) is 4.79 Å². The van der Waals surface area contributed by atoms with Crippen LogP contribution >= 0.6 is 22.6 Å². The summed E-state index contributed by atoms with van der Waals surface area (Å²) < 4.78 is 7.87. The first kappa shape index (κ1) is 16.3. The summed E-state index contributed by atoms with van der Waals surface area (Å²) in [5.41, 5.74) is 3.87. The summed E-state index contributed by atoms with van der Waals surface area (Å²) in [4.78, 5) is 11.5. The van der Waals surface area contributed by atoms with Crippen LogP contribution in [0.25, 0.3) is 11.8 Å². The molecule has 0 bridgehead atoms. The van der Waals surface area contributed by atoms with Gasteiger partial charge in [0, 0.05) is 20.6 Å². The van der Waals surface area contributed by atoms with Crippen molar-refractivity contribution in [2.45, 2.75) is 13.8 Å². The first-order valence-corrected chi connectivity index (χ1v) is 7.70. The van der Waals surface area contributed by atoms with Crippen LogP contribution in [0.4, 0.5) is 0 Å². The van der Waals surface area contributed by atoms with Gasteiger partial charge in [-0.25, -0.2) is 4.79 Å². The van der Waals surface area contributed by atoms with Gasteiger partial charge in [0.15, 0.2) is 0 Å². The van der Waals surface area contributed by atoms with Gasteiger partial charge in [0.25, 0.3) is 0 Å². The van der Waals surface area contributed by atoms with Gasteiger partial charge in [-0.3, -0.25) is 0 Å². The van der Waals surface area contributed by atoms with Crippen LogP contribution in [0.2, 0.25) is 0 Å². The average molecular weight is 406 g/mol. The molecule has 1 aromatic carbocycles. The Kier molecular flexibility index (Phi) is 5.03. The number of hydrogen-bond donors (Lipinski definition) is 0. The number of ether oxygens (including phenoxy) is 1. The number of aromatic nitrogens is 1. The predicted octanol–water partition coefficient (Wildman–Crippen LogP) is 3.78. The van der Waals surface area contributed by atoms with Gasteiger partial charge in [-0.2, -0.15) is 5.26 Å². The van der Waals surface area contributed by atoms with Gasteiger partial charge >= 0.3 is 5.97 Å².